The van der Waals surface area contributed by atoms with Crippen LogP contribution in [0.25, 0.3) is 23.0 Å². The van der Waals surface area contributed by atoms with Gasteiger partial charge < -0.3 is 9.52 Å². The number of carboxylic acids is 1. The topological polar surface area (TPSA) is 117 Å². The summed E-state index contributed by atoms with van der Waals surface area (Å²) in [6.45, 7) is 0. The normalized spacial score (nSPS) is 11.1. The van der Waals surface area contributed by atoms with Crippen molar-refractivity contribution < 1.29 is 19.2 Å². The highest BCUT2D eigenvalue weighted by molar-refractivity contribution is 6.33. The Labute approximate surface area is 163 Å². The number of aromatic carboxylic acids is 1. The van der Waals surface area contributed by atoms with Crippen molar-refractivity contribution in [3.63, 3.8) is 0 Å². The van der Waals surface area contributed by atoms with Gasteiger partial charge in [-0.15, -0.1) is 0 Å². The number of nitro groups is 1. The average molecular weight is 395 g/mol. The van der Waals surface area contributed by atoms with Crippen LogP contribution in [0.3, 0.4) is 0 Å². The van der Waals surface area contributed by atoms with E-state index in [4.69, 9.17) is 21.1 Å². The smallest absolute Gasteiger partial charge is 0.335 e. The van der Waals surface area contributed by atoms with Gasteiger partial charge in [0.2, 0.25) is 0 Å². The van der Waals surface area contributed by atoms with Gasteiger partial charge in [-0.25, -0.2) is 4.79 Å². The molecule has 0 fully saturated rings. The lowest BCUT2D eigenvalue weighted by atomic mass is 10.1. The van der Waals surface area contributed by atoms with Crippen molar-refractivity contribution in [1.82, 2.24) is 0 Å². The summed E-state index contributed by atoms with van der Waals surface area (Å²) in [5.74, 6) is -0.451. The maximum absolute atomic E-state index is 11.2. The fourth-order valence-corrected chi connectivity index (χ4v) is 2.74. The zero-order valence-corrected chi connectivity index (χ0v) is 14.9. The second kappa shape index (κ2) is 7.78. The van der Waals surface area contributed by atoms with Crippen LogP contribution in [0.2, 0.25) is 5.02 Å². The largest absolute Gasteiger partial charge is 0.478 e. The van der Waals surface area contributed by atoms with Gasteiger partial charge in [0, 0.05) is 17.7 Å². The molecule has 2 aromatic carbocycles. The van der Waals surface area contributed by atoms with Crippen LogP contribution in [-0.4, -0.2) is 16.0 Å². The van der Waals surface area contributed by atoms with Crippen molar-refractivity contribution in [2.45, 2.75) is 0 Å². The number of nitriles is 1. The Bertz CT molecular complexity index is 1160. The Morgan fingerprint density at radius 2 is 1.96 bits per heavy atom. The van der Waals surface area contributed by atoms with Crippen molar-refractivity contribution >= 4 is 34.9 Å². The number of nitrogens with zero attached hydrogens (tertiary/aromatic N) is 2. The zero-order valence-electron chi connectivity index (χ0n) is 14.1. The summed E-state index contributed by atoms with van der Waals surface area (Å²) in [4.78, 5) is 21.5. The van der Waals surface area contributed by atoms with E-state index in [-0.39, 0.29) is 16.8 Å². The molecule has 0 unspecified atom stereocenters. The molecule has 0 bridgehead atoms. The van der Waals surface area contributed by atoms with E-state index in [1.807, 2.05) is 6.07 Å². The van der Waals surface area contributed by atoms with Crippen molar-refractivity contribution in [2.75, 3.05) is 0 Å². The first-order chi connectivity index (χ1) is 13.4. The molecule has 0 aliphatic carbocycles. The van der Waals surface area contributed by atoms with Gasteiger partial charge in [0.05, 0.1) is 27.2 Å². The van der Waals surface area contributed by atoms with Crippen LogP contribution in [0, 0.1) is 21.4 Å². The van der Waals surface area contributed by atoms with Gasteiger partial charge in [0.15, 0.2) is 0 Å². The maximum atomic E-state index is 11.2. The SMILES string of the molecule is N#C/C(=C/c1ccc(-c2cc(C(=O)O)ccc2Cl)o1)c1cccc([N+](=O)[O-])c1. The molecule has 0 aliphatic heterocycles. The minimum Gasteiger partial charge on any atom is -0.478 e. The molecule has 3 aromatic rings. The first kappa shape index (κ1) is 18.9. The molecule has 1 aromatic heterocycles. The van der Waals surface area contributed by atoms with E-state index in [9.17, 15) is 20.2 Å². The second-order valence-corrected chi connectivity index (χ2v) is 6.09. The number of hydrogen-bond donors (Lipinski definition) is 1. The van der Waals surface area contributed by atoms with Crippen molar-refractivity contribution in [3.8, 4) is 17.4 Å². The molecule has 0 spiro atoms. The minimum absolute atomic E-state index is 0.0576. The Morgan fingerprint density at radius 1 is 1.18 bits per heavy atom. The van der Waals surface area contributed by atoms with Crippen LogP contribution in [0.15, 0.2) is 59.0 Å². The number of furan rings is 1. The second-order valence-electron chi connectivity index (χ2n) is 5.68. The quantitative estimate of drug-likeness (QED) is 0.357. The highest BCUT2D eigenvalue weighted by atomic mass is 35.5. The van der Waals surface area contributed by atoms with Crippen LogP contribution in [-0.2, 0) is 0 Å². The van der Waals surface area contributed by atoms with Gasteiger partial charge in [0.25, 0.3) is 5.69 Å². The Balaban J connectivity index is 1.99. The van der Waals surface area contributed by atoms with E-state index >= 15 is 0 Å². The molecule has 1 heterocycles. The average Bonchev–Trinajstić information content (AvgIpc) is 3.14. The fourth-order valence-electron chi connectivity index (χ4n) is 2.53. The summed E-state index contributed by atoms with van der Waals surface area (Å²) in [5, 5.41) is 29.8. The zero-order chi connectivity index (χ0) is 20.3. The number of carbonyl (C=O) groups is 1. The molecule has 28 heavy (non-hydrogen) atoms. The third-order valence-corrected chi connectivity index (χ3v) is 4.21. The lowest BCUT2D eigenvalue weighted by Gasteiger charge is -2.03. The van der Waals surface area contributed by atoms with E-state index < -0.39 is 10.9 Å². The Morgan fingerprint density at radius 3 is 2.64 bits per heavy atom. The number of allylic oxidation sites excluding steroid dienone is 1. The third-order valence-electron chi connectivity index (χ3n) is 3.88. The summed E-state index contributed by atoms with van der Waals surface area (Å²) in [6, 6.07) is 15.1. The molecule has 8 heteroatoms. The predicted molar refractivity (Wildman–Crippen MR) is 103 cm³/mol. The molecule has 7 nitrogen and oxygen atoms in total. The number of halogens is 1. The van der Waals surface area contributed by atoms with Gasteiger partial charge >= 0.3 is 5.97 Å². The summed E-state index contributed by atoms with van der Waals surface area (Å²) in [6.07, 6.45) is 1.44. The van der Waals surface area contributed by atoms with Gasteiger partial charge in [-0.2, -0.15) is 5.26 Å². The minimum atomic E-state index is -1.10. The molecule has 3 rings (SSSR count). The summed E-state index contributed by atoms with van der Waals surface area (Å²) in [5.41, 5.74) is 0.879. The molecule has 0 radical (unpaired) electrons. The van der Waals surface area contributed by atoms with Crippen LogP contribution >= 0.6 is 11.6 Å². The van der Waals surface area contributed by atoms with Crippen molar-refractivity contribution in [1.29, 1.82) is 5.26 Å². The lowest BCUT2D eigenvalue weighted by molar-refractivity contribution is -0.384. The standard InChI is InChI=1S/C20H11ClN2O5/c21-18-6-4-13(20(24)25)10-17(18)19-7-5-16(28-19)9-14(11-22)12-2-1-3-15(8-12)23(26)27/h1-10H,(H,24,25)/b14-9-. The van der Waals surface area contributed by atoms with Crippen LogP contribution < -0.4 is 0 Å². The number of carboxylic acid groups (broad SMARTS) is 1. The van der Waals surface area contributed by atoms with E-state index in [0.29, 0.717) is 27.7 Å². The van der Waals surface area contributed by atoms with E-state index in [1.165, 1.54) is 42.5 Å². The van der Waals surface area contributed by atoms with Gasteiger partial charge in [-0.3, -0.25) is 10.1 Å². The van der Waals surface area contributed by atoms with E-state index in [0.717, 1.165) is 0 Å². The number of hydrogen-bond acceptors (Lipinski definition) is 5. The Hall–Kier alpha value is -3.89. The summed E-state index contributed by atoms with van der Waals surface area (Å²) in [7, 11) is 0. The molecule has 0 amide bonds. The van der Waals surface area contributed by atoms with Crippen molar-refractivity contribution in [3.05, 3.63) is 86.6 Å². The highest BCUT2D eigenvalue weighted by Crippen LogP contribution is 2.32. The van der Waals surface area contributed by atoms with Gasteiger partial charge in [-0.05, 0) is 42.0 Å². The first-order valence-electron chi connectivity index (χ1n) is 7.88. The molecular weight excluding hydrogens is 384 g/mol. The van der Waals surface area contributed by atoms with Gasteiger partial charge in [-0.1, -0.05) is 23.7 Å². The predicted octanol–water partition coefficient (Wildman–Crippen LogP) is 5.27. The summed E-state index contributed by atoms with van der Waals surface area (Å²) < 4.78 is 5.68. The van der Waals surface area contributed by atoms with Crippen LogP contribution in [0.1, 0.15) is 21.7 Å². The number of nitro benzene ring substituents is 1. The lowest BCUT2D eigenvalue weighted by Crippen LogP contribution is -1.96. The number of benzene rings is 2. The molecule has 0 saturated heterocycles. The molecule has 1 N–H and O–H groups in total. The highest BCUT2D eigenvalue weighted by Gasteiger charge is 2.13. The first-order valence-corrected chi connectivity index (χ1v) is 8.26. The van der Waals surface area contributed by atoms with Crippen molar-refractivity contribution in [2.24, 2.45) is 0 Å². The number of non-ortho nitro benzene ring substituents is 1. The van der Waals surface area contributed by atoms with E-state index in [1.54, 1.807) is 18.2 Å². The molecule has 138 valence electrons. The summed E-state index contributed by atoms with van der Waals surface area (Å²) >= 11 is 6.14. The molecule has 0 saturated carbocycles. The van der Waals surface area contributed by atoms with Crippen LogP contribution in [0.5, 0.6) is 0 Å². The molecular formula is C20H11ClN2O5. The maximum Gasteiger partial charge on any atom is 0.335 e. The van der Waals surface area contributed by atoms with E-state index in [2.05, 4.69) is 0 Å². The number of rotatable bonds is 5. The molecule has 0 aliphatic rings. The monoisotopic (exact) mass is 394 g/mol. The van der Waals surface area contributed by atoms with Gasteiger partial charge in [0.1, 0.15) is 11.5 Å². The fraction of sp³-hybridized carbons (Fsp3) is 0. The Kier molecular flexibility index (Phi) is 5.25. The van der Waals surface area contributed by atoms with Crippen LogP contribution in [0.4, 0.5) is 5.69 Å². The molecule has 0 atom stereocenters. The third kappa shape index (κ3) is 3.92.